The van der Waals surface area contributed by atoms with Crippen LogP contribution in [0, 0.1) is 0 Å². The van der Waals surface area contributed by atoms with Crippen LogP contribution in [-0.4, -0.2) is 22.8 Å². The van der Waals surface area contributed by atoms with Crippen LogP contribution in [-0.2, 0) is 10.8 Å². The van der Waals surface area contributed by atoms with Crippen molar-refractivity contribution < 1.29 is 4.21 Å². The zero-order valence-corrected chi connectivity index (χ0v) is 12.0. The maximum atomic E-state index is 11.0. The molecular weight excluding hydrogens is 254 g/mol. The summed E-state index contributed by atoms with van der Waals surface area (Å²) in [7, 11) is -0.730. The lowest BCUT2D eigenvalue weighted by Crippen LogP contribution is -2.25. The number of benzene rings is 1. The molecule has 0 saturated carbocycles. The summed E-state index contributed by atoms with van der Waals surface area (Å²) in [6.45, 7) is 2.96. The summed E-state index contributed by atoms with van der Waals surface area (Å²) >= 11 is 5.88. The minimum absolute atomic E-state index is 0.334. The highest BCUT2D eigenvalue weighted by molar-refractivity contribution is 7.84. The standard InChI is InChI=1S/C13H20ClNOS/c1-3-4-13(15-9-10-17(2)16)11-5-7-12(14)8-6-11/h5-8,13,15H,3-4,9-10H2,1-2H3. The van der Waals surface area contributed by atoms with E-state index in [2.05, 4.69) is 24.4 Å². The lowest BCUT2D eigenvalue weighted by atomic mass is 10.0. The molecule has 0 fully saturated rings. The molecule has 0 bridgehead atoms. The van der Waals surface area contributed by atoms with Crippen LogP contribution >= 0.6 is 11.6 Å². The van der Waals surface area contributed by atoms with Gasteiger partial charge in [-0.25, -0.2) is 0 Å². The van der Waals surface area contributed by atoms with Gasteiger partial charge in [-0.15, -0.1) is 0 Å². The van der Waals surface area contributed by atoms with Crippen molar-refractivity contribution in [1.29, 1.82) is 0 Å². The van der Waals surface area contributed by atoms with Crippen molar-refractivity contribution in [1.82, 2.24) is 5.32 Å². The largest absolute Gasteiger partial charge is 0.309 e. The quantitative estimate of drug-likeness (QED) is 0.827. The molecule has 2 nitrogen and oxygen atoms in total. The molecule has 0 radical (unpaired) electrons. The second-order valence-corrected chi connectivity index (χ2v) is 6.12. The van der Waals surface area contributed by atoms with Crippen molar-refractivity contribution in [3.05, 3.63) is 34.9 Å². The molecule has 17 heavy (non-hydrogen) atoms. The second kappa shape index (κ2) is 7.85. The van der Waals surface area contributed by atoms with Crippen LogP contribution in [0.3, 0.4) is 0 Å². The van der Waals surface area contributed by atoms with Crippen molar-refractivity contribution in [2.75, 3.05) is 18.6 Å². The molecule has 1 rings (SSSR count). The highest BCUT2D eigenvalue weighted by Gasteiger charge is 2.09. The first-order valence-electron chi connectivity index (χ1n) is 5.92. The Morgan fingerprint density at radius 2 is 2.00 bits per heavy atom. The number of halogens is 1. The number of nitrogens with one attached hydrogen (secondary N) is 1. The van der Waals surface area contributed by atoms with E-state index in [9.17, 15) is 4.21 Å². The molecule has 0 aromatic heterocycles. The zero-order chi connectivity index (χ0) is 12.7. The van der Waals surface area contributed by atoms with Gasteiger partial charge in [-0.05, 0) is 24.1 Å². The lowest BCUT2D eigenvalue weighted by Gasteiger charge is -2.18. The van der Waals surface area contributed by atoms with Gasteiger partial charge in [-0.3, -0.25) is 4.21 Å². The van der Waals surface area contributed by atoms with Crippen molar-refractivity contribution >= 4 is 22.4 Å². The van der Waals surface area contributed by atoms with Crippen molar-refractivity contribution in [3.63, 3.8) is 0 Å². The van der Waals surface area contributed by atoms with Gasteiger partial charge >= 0.3 is 0 Å². The number of rotatable bonds is 7. The maximum absolute atomic E-state index is 11.0. The summed E-state index contributed by atoms with van der Waals surface area (Å²) in [6.07, 6.45) is 3.94. The van der Waals surface area contributed by atoms with Gasteiger partial charge in [0.2, 0.25) is 0 Å². The molecule has 0 aliphatic carbocycles. The molecule has 1 aromatic rings. The van der Waals surface area contributed by atoms with Crippen molar-refractivity contribution in [3.8, 4) is 0 Å². The topological polar surface area (TPSA) is 29.1 Å². The molecule has 0 aliphatic heterocycles. The van der Waals surface area contributed by atoms with Gasteiger partial charge in [0.05, 0.1) is 0 Å². The summed E-state index contributed by atoms with van der Waals surface area (Å²) in [6, 6.07) is 8.27. The van der Waals surface area contributed by atoms with Crippen molar-refractivity contribution in [2.45, 2.75) is 25.8 Å². The van der Waals surface area contributed by atoms with E-state index in [0.717, 1.165) is 24.4 Å². The third-order valence-electron chi connectivity index (χ3n) is 2.63. The van der Waals surface area contributed by atoms with Gasteiger partial charge in [0.1, 0.15) is 0 Å². The number of hydrogen-bond donors (Lipinski definition) is 1. The van der Waals surface area contributed by atoms with Gasteiger partial charge in [0.15, 0.2) is 0 Å². The molecule has 2 unspecified atom stereocenters. The Labute approximate surface area is 111 Å². The minimum Gasteiger partial charge on any atom is -0.309 e. The fraction of sp³-hybridized carbons (Fsp3) is 0.538. The first-order valence-corrected chi connectivity index (χ1v) is 8.03. The molecule has 96 valence electrons. The average molecular weight is 274 g/mol. The van der Waals surface area contributed by atoms with Crippen LogP contribution in [0.2, 0.25) is 5.02 Å². The van der Waals surface area contributed by atoms with E-state index in [1.165, 1.54) is 5.56 Å². The van der Waals surface area contributed by atoms with Crippen LogP contribution in [0.1, 0.15) is 31.4 Å². The van der Waals surface area contributed by atoms with Crippen LogP contribution in [0.15, 0.2) is 24.3 Å². The molecule has 0 heterocycles. The normalized spacial score (nSPS) is 14.5. The summed E-state index contributed by atoms with van der Waals surface area (Å²) in [5.74, 6) is 0.702. The number of hydrogen-bond acceptors (Lipinski definition) is 2. The first-order chi connectivity index (χ1) is 8.13. The fourth-order valence-electron chi connectivity index (χ4n) is 1.75. The summed E-state index contributed by atoms with van der Waals surface area (Å²) in [4.78, 5) is 0. The molecule has 0 saturated heterocycles. The third-order valence-corrected chi connectivity index (χ3v) is 3.66. The van der Waals surface area contributed by atoms with Crippen LogP contribution in [0.25, 0.3) is 0 Å². The Balaban J connectivity index is 2.58. The van der Waals surface area contributed by atoms with E-state index in [0.29, 0.717) is 11.8 Å². The van der Waals surface area contributed by atoms with Gasteiger partial charge in [-0.1, -0.05) is 37.1 Å². The van der Waals surface area contributed by atoms with Crippen LogP contribution < -0.4 is 5.32 Å². The van der Waals surface area contributed by atoms with Gasteiger partial charge < -0.3 is 5.32 Å². The third kappa shape index (κ3) is 5.66. The molecule has 4 heteroatoms. The summed E-state index contributed by atoms with van der Waals surface area (Å²) < 4.78 is 11.0. The van der Waals surface area contributed by atoms with Gasteiger partial charge in [0.25, 0.3) is 0 Å². The molecule has 1 N–H and O–H groups in total. The predicted molar refractivity (Wildman–Crippen MR) is 76.0 cm³/mol. The summed E-state index contributed by atoms with van der Waals surface area (Å²) in [5, 5.41) is 4.21. The molecular formula is C13H20ClNOS. The lowest BCUT2D eigenvalue weighted by molar-refractivity contribution is 0.510. The predicted octanol–water partition coefficient (Wildman–Crippen LogP) is 3.15. The van der Waals surface area contributed by atoms with E-state index in [1.54, 1.807) is 6.26 Å². The average Bonchev–Trinajstić information content (AvgIpc) is 2.29. The first kappa shape index (κ1) is 14.7. The molecule has 0 aliphatic rings. The van der Waals surface area contributed by atoms with E-state index < -0.39 is 10.8 Å². The molecule has 2 atom stereocenters. The monoisotopic (exact) mass is 273 g/mol. The van der Waals surface area contributed by atoms with Gasteiger partial charge in [0, 0.05) is 40.4 Å². The van der Waals surface area contributed by atoms with E-state index >= 15 is 0 Å². The van der Waals surface area contributed by atoms with Gasteiger partial charge in [-0.2, -0.15) is 0 Å². The van der Waals surface area contributed by atoms with E-state index in [-0.39, 0.29) is 0 Å². The maximum Gasteiger partial charge on any atom is 0.0406 e. The zero-order valence-electron chi connectivity index (χ0n) is 10.4. The van der Waals surface area contributed by atoms with E-state index in [1.807, 2.05) is 12.1 Å². The Morgan fingerprint density at radius 1 is 1.35 bits per heavy atom. The molecule has 1 aromatic carbocycles. The smallest absolute Gasteiger partial charge is 0.0406 e. The SMILES string of the molecule is CCCC(NCCS(C)=O)c1ccc(Cl)cc1. The molecule has 0 spiro atoms. The second-order valence-electron chi connectivity index (χ2n) is 4.12. The van der Waals surface area contributed by atoms with Crippen LogP contribution in [0.4, 0.5) is 0 Å². The highest BCUT2D eigenvalue weighted by Crippen LogP contribution is 2.20. The Kier molecular flexibility index (Phi) is 6.78. The fourth-order valence-corrected chi connectivity index (χ4v) is 2.28. The Morgan fingerprint density at radius 3 is 2.53 bits per heavy atom. The Bertz CT molecular complexity index is 353. The van der Waals surface area contributed by atoms with E-state index in [4.69, 9.17) is 11.6 Å². The minimum atomic E-state index is -0.730. The summed E-state index contributed by atoms with van der Waals surface area (Å²) in [5.41, 5.74) is 1.25. The van der Waals surface area contributed by atoms with Crippen molar-refractivity contribution in [2.24, 2.45) is 0 Å². The highest BCUT2D eigenvalue weighted by atomic mass is 35.5. The Hall–Kier alpha value is -0.380. The molecule has 0 amide bonds. The van der Waals surface area contributed by atoms with Crippen LogP contribution in [0.5, 0.6) is 0 Å².